The zero-order valence-corrected chi connectivity index (χ0v) is 11.7. The number of anilines is 1. The molecule has 3 nitrogen and oxygen atoms in total. The molecule has 0 spiro atoms. The first-order valence-corrected chi connectivity index (χ1v) is 7.17. The molecular formula is C13H21N3S. The van der Waals surface area contributed by atoms with Gasteiger partial charge < -0.3 is 5.73 Å². The van der Waals surface area contributed by atoms with Crippen LogP contribution in [0.15, 0.2) is 6.20 Å². The van der Waals surface area contributed by atoms with E-state index in [1.807, 2.05) is 13.1 Å². The maximum Gasteiger partial charge on any atom is 0.0593 e. The Balaban J connectivity index is 2.10. The maximum atomic E-state index is 6.05. The summed E-state index contributed by atoms with van der Waals surface area (Å²) in [6.45, 7) is 9.62. The fourth-order valence-corrected chi connectivity index (χ4v) is 3.28. The van der Waals surface area contributed by atoms with Gasteiger partial charge in [-0.1, -0.05) is 6.92 Å². The summed E-state index contributed by atoms with van der Waals surface area (Å²) < 4.78 is 0. The second kappa shape index (κ2) is 5.27. The highest BCUT2D eigenvalue weighted by molar-refractivity contribution is 7.99. The van der Waals surface area contributed by atoms with Gasteiger partial charge in [0, 0.05) is 42.5 Å². The van der Waals surface area contributed by atoms with Crippen molar-refractivity contribution >= 4 is 17.4 Å². The maximum absolute atomic E-state index is 6.05. The lowest BCUT2D eigenvalue weighted by molar-refractivity contribution is 0.274. The molecule has 0 bridgehead atoms. The lowest BCUT2D eigenvalue weighted by Crippen LogP contribution is -2.36. The van der Waals surface area contributed by atoms with E-state index in [4.69, 9.17) is 5.73 Å². The highest BCUT2D eigenvalue weighted by Crippen LogP contribution is 2.22. The van der Waals surface area contributed by atoms with Crippen LogP contribution in [0.1, 0.15) is 23.7 Å². The van der Waals surface area contributed by atoms with Crippen LogP contribution in [0, 0.1) is 13.8 Å². The summed E-state index contributed by atoms with van der Waals surface area (Å²) in [6.07, 6.45) is 1.89. The monoisotopic (exact) mass is 251 g/mol. The van der Waals surface area contributed by atoms with Crippen molar-refractivity contribution in [1.29, 1.82) is 0 Å². The number of rotatable bonds is 2. The number of hydrogen-bond donors (Lipinski definition) is 1. The van der Waals surface area contributed by atoms with Crippen LogP contribution in [0.5, 0.6) is 0 Å². The van der Waals surface area contributed by atoms with E-state index in [0.717, 1.165) is 47.4 Å². The van der Waals surface area contributed by atoms with E-state index in [-0.39, 0.29) is 0 Å². The van der Waals surface area contributed by atoms with Gasteiger partial charge in [-0.25, -0.2) is 0 Å². The summed E-state index contributed by atoms with van der Waals surface area (Å²) in [5, 5.41) is 0.729. The van der Waals surface area contributed by atoms with E-state index < -0.39 is 0 Å². The Morgan fingerprint density at radius 2 is 2.29 bits per heavy atom. The molecule has 0 saturated carbocycles. The Bertz CT molecular complexity index is 406. The minimum absolute atomic E-state index is 0.729. The molecule has 1 aromatic rings. The molecule has 2 N–H and O–H groups in total. The molecule has 1 aromatic heterocycles. The van der Waals surface area contributed by atoms with Crippen LogP contribution in [-0.2, 0) is 6.54 Å². The molecule has 1 aliphatic heterocycles. The zero-order valence-electron chi connectivity index (χ0n) is 10.9. The largest absolute Gasteiger partial charge is 0.398 e. The molecule has 0 radical (unpaired) electrons. The van der Waals surface area contributed by atoms with E-state index in [2.05, 4.69) is 35.5 Å². The van der Waals surface area contributed by atoms with Gasteiger partial charge in [-0.3, -0.25) is 9.88 Å². The predicted octanol–water partition coefficient (Wildman–Crippen LogP) is 2.22. The van der Waals surface area contributed by atoms with Crippen molar-refractivity contribution in [2.24, 2.45) is 0 Å². The summed E-state index contributed by atoms with van der Waals surface area (Å²) in [5.74, 6) is 1.22. The molecule has 0 aromatic carbocycles. The third-order valence-corrected chi connectivity index (χ3v) is 4.51. The van der Waals surface area contributed by atoms with Crippen LogP contribution in [0.2, 0.25) is 0 Å². The van der Waals surface area contributed by atoms with Crippen LogP contribution >= 0.6 is 11.8 Å². The van der Waals surface area contributed by atoms with Crippen molar-refractivity contribution in [2.45, 2.75) is 32.6 Å². The summed E-state index contributed by atoms with van der Waals surface area (Å²) in [6, 6.07) is 0. The second-order valence-electron chi connectivity index (χ2n) is 4.84. The number of nitrogens with two attached hydrogens (primary N) is 1. The Labute approximate surface area is 108 Å². The van der Waals surface area contributed by atoms with Gasteiger partial charge in [0.05, 0.1) is 5.69 Å². The molecule has 17 heavy (non-hydrogen) atoms. The first-order chi connectivity index (χ1) is 8.08. The Hall–Kier alpha value is -0.740. The van der Waals surface area contributed by atoms with E-state index in [1.165, 1.54) is 5.75 Å². The number of hydrogen-bond acceptors (Lipinski definition) is 4. The smallest absolute Gasteiger partial charge is 0.0593 e. The molecule has 0 aliphatic carbocycles. The highest BCUT2D eigenvalue weighted by Gasteiger charge is 2.18. The Morgan fingerprint density at radius 3 is 3.00 bits per heavy atom. The molecule has 4 heteroatoms. The van der Waals surface area contributed by atoms with Gasteiger partial charge >= 0.3 is 0 Å². The third kappa shape index (κ3) is 2.93. The molecule has 1 aliphatic rings. The first-order valence-electron chi connectivity index (χ1n) is 6.12. The summed E-state index contributed by atoms with van der Waals surface area (Å²) >= 11 is 2.06. The summed E-state index contributed by atoms with van der Waals surface area (Å²) in [7, 11) is 0. The van der Waals surface area contributed by atoms with Crippen molar-refractivity contribution in [2.75, 3.05) is 24.6 Å². The van der Waals surface area contributed by atoms with Crippen molar-refractivity contribution in [3.05, 3.63) is 23.0 Å². The van der Waals surface area contributed by atoms with Gasteiger partial charge in [0.25, 0.3) is 0 Å². The first kappa shape index (κ1) is 12.7. The van der Waals surface area contributed by atoms with Gasteiger partial charge in [0.2, 0.25) is 0 Å². The Kier molecular flexibility index (Phi) is 3.94. The molecule has 94 valence electrons. The van der Waals surface area contributed by atoms with Crippen LogP contribution in [-0.4, -0.2) is 34.0 Å². The van der Waals surface area contributed by atoms with Crippen LogP contribution < -0.4 is 5.73 Å². The molecule has 0 amide bonds. The fourth-order valence-electron chi connectivity index (χ4n) is 2.20. The van der Waals surface area contributed by atoms with Gasteiger partial charge in [-0.05, 0) is 25.0 Å². The van der Waals surface area contributed by atoms with Crippen LogP contribution in [0.4, 0.5) is 5.69 Å². The molecule has 1 fully saturated rings. The van der Waals surface area contributed by atoms with E-state index in [9.17, 15) is 0 Å². The van der Waals surface area contributed by atoms with Crippen LogP contribution in [0.25, 0.3) is 0 Å². The summed E-state index contributed by atoms with van der Waals surface area (Å²) in [5.41, 5.74) is 10.3. The van der Waals surface area contributed by atoms with Gasteiger partial charge in [0.15, 0.2) is 0 Å². The topological polar surface area (TPSA) is 42.2 Å². The summed E-state index contributed by atoms with van der Waals surface area (Å²) in [4.78, 5) is 7.01. The quantitative estimate of drug-likeness (QED) is 0.875. The van der Waals surface area contributed by atoms with Gasteiger partial charge in [-0.15, -0.1) is 0 Å². The van der Waals surface area contributed by atoms with Crippen molar-refractivity contribution in [1.82, 2.24) is 9.88 Å². The molecule has 1 atom stereocenters. The average molecular weight is 251 g/mol. The molecule has 1 unspecified atom stereocenters. The minimum Gasteiger partial charge on any atom is -0.398 e. The second-order valence-corrected chi connectivity index (χ2v) is 6.39. The SMILES string of the molecule is Cc1cnc(CN2CCSC(C)C2)c(C)c1N. The van der Waals surface area contributed by atoms with E-state index >= 15 is 0 Å². The van der Waals surface area contributed by atoms with Crippen molar-refractivity contribution in [3.8, 4) is 0 Å². The molecule has 1 saturated heterocycles. The third-order valence-electron chi connectivity index (χ3n) is 3.37. The van der Waals surface area contributed by atoms with Gasteiger partial charge in [0.1, 0.15) is 0 Å². The number of aromatic nitrogens is 1. The normalized spacial score (nSPS) is 21.7. The highest BCUT2D eigenvalue weighted by atomic mass is 32.2. The number of aryl methyl sites for hydroxylation is 1. The minimum atomic E-state index is 0.729. The van der Waals surface area contributed by atoms with E-state index in [0.29, 0.717) is 0 Å². The Morgan fingerprint density at radius 1 is 1.53 bits per heavy atom. The average Bonchev–Trinajstić information content (AvgIpc) is 2.30. The lowest BCUT2D eigenvalue weighted by Gasteiger charge is -2.30. The zero-order chi connectivity index (χ0) is 12.4. The number of pyridine rings is 1. The number of nitrogens with zero attached hydrogens (tertiary/aromatic N) is 2. The van der Waals surface area contributed by atoms with E-state index in [1.54, 1.807) is 0 Å². The standard InChI is InChI=1S/C13H21N3S/c1-9-6-15-12(11(3)13(9)14)8-16-4-5-17-10(2)7-16/h6,10H,4-5,7-8H2,1-3H3,(H2,14,15). The number of thioether (sulfide) groups is 1. The van der Waals surface area contributed by atoms with Crippen molar-refractivity contribution < 1.29 is 0 Å². The molecule has 2 heterocycles. The molecule has 2 rings (SSSR count). The fraction of sp³-hybridized carbons (Fsp3) is 0.615. The predicted molar refractivity (Wildman–Crippen MR) is 75.3 cm³/mol. The van der Waals surface area contributed by atoms with Gasteiger partial charge in [-0.2, -0.15) is 11.8 Å². The van der Waals surface area contributed by atoms with Crippen LogP contribution in [0.3, 0.4) is 0 Å². The lowest BCUT2D eigenvalue weighted by atomic mass is 10.1. The van der Waals surface area contributed by atoms with Crippen molar-refractivity contribution in [3.63, 3.8) is 0 Å². The number of nitrogen functional groups attached to an aromatic ring is 1. The molecular weight excluding hydrogens is 230 g/mol.